The number of aromatic amines is 1. The van der Waals surface area contributed by atoms with Gasteiger partial charge in [0.05, 0.1) is 28.2 Å². The molecule has 2 aromatic heterocycles. The highest BCUT2D eigenvalue weighted by atomic mass is 35.5. The number of benzene rings is 1. The van der Waals surface area contributed by atoms with Crippen molar-refractivity contribution in [3.05, 3.63) is 58.1 Å². The fourth-order valence-corrected chi connectivity index (χ4v) is 3.02. The summed E-state index contributed by atoms with van der Waals surface area (Å²) in [6.07, 6.45) is 1.52. The first-order valence-corrected chi connectivity index (χ1v) is 8.14. The molecule has 1 amide bonds. The molecule has 0 aliphatic rings. The number of ether oxygens (including phenoxy) is 1. The highest BCUT2D eigenvalue weighted by Crippen LogP contribution is 2.29. The van der Waals surface area contributed by atoms with E-state index < -0.39 is 5.91 Å². The Balaban J connectivity index is 1.67. The Bertz CT molecular complexity index is 888. The zero-order valence-corrected chi connectivity index (χ0v) is 14.2. The second kappa shape index (κ2) is 7.29. The first kappa shape index (κ1) is 16.2. The fourth-order valence-electron chi connectivity index (χ4n) is 2.01. The summed E-state index contributed by atoms with van der Waals surface area (Å²) in [5.41, 5.74) is 4.17. The predicted octanol–water partition coefficient (Wildman–Crippen LogP) is 3.56. The van der Waals surface area contributed by atoms with Gasteiger partial charge in [0.25, 0.3) is 5.91 Å². The number of carbonyl (C=O) groups excluding carboxylic acids is 1. The number of carbonyl (C=O) groups is 1. The molecule has 0 saturated carbocycles. The maximum absolute atomic E-state index is 12.1. The van der Waals surface area contributed by atoms with Crippen LogP contribution in [0.4, 0.5) is 0 Å². The van der Waals surface area contributed by atoms with Crippen LogP contribution in [0, 0.1) is 0 Å². The van der Waals surface area contributed by atoms with Crippen LogP contribution in [0.5, 0.6) is 5.75 Å². The van der Waals surface area contributed by atoms with Crippen molar-refractivity contribution in [3.63, 3.8) is 0 Å². The summed E-state index contributed by atoms with van der Waals surface area (Å²) < 4.78 is 5.88. The molecule has 0 bridgehead atoms. The molecule has 0 aliphatic carbocycles. The highest BCUT2D eigenvalue weighted by Gasteiger charge is 2.12. The predicted molar refractivity (Wildman–Crippen MR) is 95.0 cm³/mol. The first-order valence-electron chi connectivity index (χ1n) is 6.95. The van der Waals surface area contributed by atoms with Crippen LogP contribution < -0.4 is 10.2 Å². The lowest BCUT2D eigenvalue weighted by Gasteiger charge is -2.02. The summed E-state index contributed by atoms with van der Waals surface area (Å²) in [6.45, 7) is 0. The van der Waals surface area contributed by atoms with Crippen molar-refractivity contribution in [3.8, 4) is 16.3 Å². The van der Waals surface area contributed by atoms with Crippen LogP contribution in [0.2, 0.25) is 4.34 Å². The van der Waals surface area contributed by atoms with E-state index in [1.165, 1.54) is 17.6 Å². The molecule has 24 heavy (non-hydrogen) atoms. The smallest absolute Gasteiger partial charge is 0.291 e. The van der Waals surface area contributed by atoms with Gasteiger partial charge in [0.2, 0.25) is 0 Å². The summed E-state index contributed by atoms with van der Waals surface area (Å²) in [5, 5.41) is 10.7. The van der Waals surface area contributed by atoms with Crippen molar-refractivity contribution in [2.24, 2.45) is 5.10 Å². The highest BCUT2D eigenvalue weighted by molar-refractivity contribution is 7.19. The van der Waals surface area contributed by atoms with Crippen LogP contribution >= 0.6 is 22.9 Å². The normalized spacial score (nSPS) is 10.9. The van der Waals surface area contributed by atoms with Gasteiger partial charge in [-0.25, -0.2) is 5.43 Å². The lowest BCUT2D eigenvalue weighted by atomic mass is 10.2. The van der Waals surface area contributed by atoms with Gasteiger partial charge in [0, 0.05) is 5.56 Å². The van der Waals surface area contributed by atoms with E-state index >= 15 is 0 Å². The van der Waals surface area contributed by atoms with Gasteiger partial charge in [-0.1, -0.05) is 23.7 Å². The summed E-state index contributed by atoms with van der Waals surface area (Å²) in [4.78, 5) is 13.0. The van der Waals surface area contributed by atoms with Crippen molar-refractivity contribution >= 4 is 35.1 Å². The molecule has 0 saturated heterocycles. The van der Waals surface area contributed by atoms with E-state index in [1.807, 2.05) is 30.3 Å². The number of hydrogen-bond acceptors (Lipinski definition) is 5. The Morgan fingerprint density at radius 1 is 1.38 bits per heavy atom. The Morgan fingerprint density at radius 2 is 2.21 bits per heavy atom. The second-order valence-corrected chi connectivity index (χ2v) is 6.43. The molecule has 3 aromatic rings. The molecule has 0 spiro atoms. The molecule has 6 nitrogen and oxygen atoms in total. The number of methoxy groups -OCH3 is 1. The molecule has 1 aromatic carbocycles. The summed E-state index contributed by atoms with van der Waals surface area (Å²) in [5.74, 6) is 0.262. The van der Waals surface area contributed by atoms with Crippen LogP contribution in [0.1, 0.15) is 16.1 Å². The van der Waals surface area contributed by atoms with Crippen molar-refractivity contribution in [1.82, 2.24) is 15.6 Å². The topological polar surface area (TPSA) is 79.4 Å². The minimum Gasteiger partial charge on any atom is -0.496 e. The van der Waals surface area contributed by atoms with E-state index in [0.717, 1.165) is 16.1 Å². The quantitative estimate of drug-likeness (QED) is 0.539. The van der Waals surface area contributed by atoms with Crippen LogP contribution in [0.15, 0.2) is 47.6 Å². The van der Waals surface area contributed by atoms with Crippen LogP contribution in [-0.4, -0.2) is 29.4 Å². The van der Waals surface area contributed by atoms with E-state index in [1.54, 1.807) is 19.2 Å². The van der Waals surface area contributed by atoms with Gasteiger partial charge in [-0.3, -0.25) is 9.89 Å². The van der Waals surface area contributed by atoms with E-state index in [0.29, 0.717) is 10.1 Å². The number of amides is 1. The van der Waals surface area contributed by atoms with E-state index in [2.05, 4.69) is 20.7 Å². The van der Waals surface area contributed by atoms with Crippen molar-refractivity contribution in [2.45, 2.75) is 0 Å². The van der Waals surface area contributed by atoms with Gasteiger partial charge in [-0.2, -0.15) is 10.2 Å². The number of nitrogens with zero attached hydrogens (tertiary/aromatic N) is 2. The maximum Gasteiger partial charge on any atom is 0.291 e. The van der Waals surface area contributed by atoms with Crippen LogP contribution in [0.3, 0.4) is 0 Å². The minimum absolute atomic E-state index is 0.242. The Morgan fingerprint density at radius 3 is 2.96 bits per heavy atom. The Hall–Kier alpha value is -2.64. The third kappa shape index (κ3) is 3.64. The van der Waals surface area contributed by atoms with Crippen LogP contribution in [0.25, 0.3) is 10.6 Å². The molecule has 0 aliphatic heterocycles. The number of thiophene rings is 1. The van der Waals surface area contributed by atoms with Gasteiger partial charge >= 0.3 is 0 Å². The molecular formula is C16H13ClN4O2S. The van der Waals surface area contributed by atoms with Gasteiger partial charge in [0.15, 0.2) is 5.69 Å². The van der Waals surface area contributed by atoms with Gasteiger partial charge in [-0.15, -0.1) is 11.3 Å². The molecule has 0 unspecified atom stereocenters. The Kier molecular flexibility index (Phi) is 4.93. The van der Waals surface area contributed by atoms with Crippen LogP contribution in [-0.2, 0) is 0 Å². The number of aromatic nitrogens is 2. The van der Waals surface area contributed by atoms with E-state index in [9.17, 15) is 4.79 Å². The fraction of sp³-hybridized carbons (Fsp3) is 0.0625. The molecule has 0 fully saturated rings. The van der Waals surface area contributed by atoms with Gasteiger partial charge < -0.3 is 4.74 Å². The third-order valence-electron chi connectivity index (χ3n) is 3.16. The molecular weight excluding hydrogens is 348 g/mol. The number of para-hydroxylation sites is 1. The monoisotopic (exact) mass is 360 g/mol. The largest absolute Gasteiger partial charge is 0.496 e. The SMILES string of the molecule is COc1ccccc1/C=N/NC(=O)c1cc(-c2ccc(Cl)s2)[nH]n1. The average Bonchev–Trinajstić information content (AvgIpc) is 3.24. The summed E-state index contributed by atoms with van der Waals surface area (Å²) >= 11 is 7.31. The Labute approximate surface area is 147 Å². The number of hydrogen-bond donors (Lipinski definition) is 2. The molecule has 8 heteroatoms. The lowest BCUT2D eigenvalue weighted by Crippen LogP contribution is -2.18. The van der Waals surface area contributed by atoms with E-state index in [4.69, 9.17) is 16.3 Å². The average molecular weight is 361 g/mol. The first-order chi connectivity index (χ1) is 11.7. The molecule has 0 atom stereocenters. The van der Waals surface area contributed by atoms with Gasteiger partial charge in [-0.05, 0) is 30.3 Å². The summed E-state index contributed by atoms with van der Waals surface area (Å²) in [7, 11) is 1.58. The van der Waals surface area contributed by atoms with E-state index in [-0.39, 0.29) is 5.69 Å². The second-order valence-electron chi connectivity index (χ2n) is 4.71. The number of nitrogens with one attached hydrogen (secondary N) is 2. The summed E-state index contributed by atoms with van der Waals surface area (Å²) in [6, 6.07) is 12.7. The third-order valence-corrected chi connectivity index (χ3v) is 4.42. The minimum atomic E-state index is -0.411. The standard InChI is InChI=1S/C16H13ClN4O2S/c1-23-13-5-3-2-4-10(13)9-18-21-16(22)12-8-11(19-20-12)14-6-7-15(17)24-14/h2-9H,1H3,(H,19,20)(H,21,22)/b18-9+. The maximum atomic E-state index is 12.1. The number of H-pyrrole nitrogens is 1. The molecule has 0 radical (unpaired) electrons. The van der Waals surface area contributed by atoms with Crippen molar-refractivity contribution in [1.29, 1.82) is 0 Å². The zero-order valence-electron chi connectivity index (χ0n) is 12.6. The molecule has 2 N–H and O–H groups in total. The molecule has 3 rings (SSSR count). The zero-order chi connectivity index (χ0) is 16.9. The number of rotatable bonds is 5. The lowest BCUT2D eigenvalue weighted by molar-refractivity contribution is 0.0950. The van der Waals surface area contributed by atoms with Crippen molar-refractivity contribution in [2.75, 3.05) is 7.11 Å². The molecule has 122 valence electrons. The number of hydrazone groups is 1. The number of halogens is 1. The molecule has 2 heterocycles. The van der Waals surface area contributed by atoms with Crippen molar-refractivity contribution < 1.29 is 9.53 Å². The van der Waals surface area contributed by atoms with Gasteiger partial charge in [0.1, 0.15) is 5.75 Å².